The molecule has 2 aromatic carbocycles. The standard InChI is InChI=1S/C34H35ClF2N8O4/c1-33(2,3)18-34(22-7-4-19(5-8-22)21-15-40-44(16-21)30(36)37)29(47)45(31(38)43-34)26(17-49-32(48)41-23-9-10-23)20-6-11-25(35)24(14-20)28-39-13-12-27(46)42-28/h4-8,11-16,23,26,30H,9-10,17-18H2,1-3H3,(H2,38,43)(H,41,48)(H,39,42,46)/t26-,34-/m1/s1. The van der Waals surface area contributed by atoms with E-state index in [0.29, 0.717) is 32.5 Å². The topological polar surface area (TPSA) is 158 Å². The van der Waals surface area contributed by atoms with Crippen LogP contribution in [0.5, 0.6) is 0 Å². The predicted octanol–water partition coefficient (Wildman–Crippen LogP) is 5.98. The van der Waals surface area contributed by atoms with Crippen LogP contribution in [0.2, 0.25) is 5.02 Å². The Balaban J connectivity index is 1.39. The van der Waals surface area contributed by atoms with Gasteiger partial charge in [0.2, 0.25) is 0 Å². The summed E-state index contributed by atoms with van der Waals surface area (Å²) < 4.78 is 32.5. The molecule has 0 radical (unpaired) electrons. The lowest BCUT2D eigenvalue weighted by atomic mass is 9.75. The number of carbonyl (C=O) groups excluding carboxylic acids is 2. The maximum absolute atomic E-state index is 14.8. The number of hydrogen-bond acceptors (Lipinski definition) is 7. The zero-order chi connectivity index (χ0) is 35.1. The summed E-state index contributed by atoms with van der Waals surface area (Å²) in [6.45, 7) is 2.86. The Morgan fingerprint density at radius 2 is 1.88 bits per heavy atom. The minimum Gasteiger partial charge on any atom is -0.447 e. The second-order valence-electron chi connectivity index (χ2n) is 13.4. The molecule has 1 saturated heterocycles. The van der Waals surface area contributed by atoms with Gasteiger partial charge in [-0.3, -0.25) is 19.9 Å². The maximum Gasteiger partial charge on any atom is 0.407 e. The molecule has 1 saturated carbocycles. The Morgan fingerprint density at radius 1 is 1.14 bits per heavy atom. The Bertz CT molecular complexity index is 1950. The third-order valence-electron chi connectivity index (χ3n) is 8.35. The van der Waals surface area contributed by atoms with Crippen molar-refractivity contribution in [2.45, 2.75) is 64.2 Å². The van der Waals surface area contributed by atoms with Crippen molar-refractivity contribution in [2.24, 2.45) is 5.41 Å². The fourth-order valence-electron chi connectivity index (χ4n) is 6.02. The van der Waals surface area contributed by atoms with E-state index >= 15 is 0 Å². The van der Waals surface area contributed by atoms with Gasteiger partial charge < -0.3 is 20.4 Å². The summed E-state index contributed by atoms with van der Waals surface area (Å²) >= 11 is 6.53. The number of alkyl carbamates (subject to hydrolysis) is 1. The first-order valence-corrected chi connectivity index (χ1v) is 16.0. The lowest BCUT2D eigenvalue weighted by Crippen LogP contribution is -2.47. The zero-order valence-corrected chi connectivity index (χ0v) is 27.7. The fraction of sp³-hybridized carbons (Fsp3) is 0.353. The van der Waals surface area contributed by atoms with E-state index in [1.54, 1.807) is 42.5 Å². The number of halogens is 3. The van der Waals surface area contributed by atoms with Gasteiger partial charge in [0.15, 0.2) is 5.96 Å². The van der Waals surface area contributed by atoms with E-state index in [0.717, 1.165) is 12.8 Å². The highest BCUT2D eigenvalue weighted by atomic mass is 35.5. The number of benzene rings is 2. The molecule has 12 nitrogen and oxygen atoms in total. The molecule has 2 aromatic heterocycles. The number of aromatic amines is 1. The van der Waals surface area contributed by atoms with Crippen LogP contribution in [0, 0.1) is 10.8 Å². The average Bonchev–Trinajstić information content (AvgIpc) is 3.64. The van der Waals surface area contributed by atoms with E-state index in [-0.39, 0.29) is 41.4 Å². The van der Waals surface area contributed by atoms with Crippen LogP contribution in [-0.2, 0) is 15.1 Å². The SMILES string of the molecule is CC(C)(C)C[C@]1(c2ccc(-c3cnn(C(F)F)c3)cc2)NC(=N)N([C@H](COC(=O)NC2CC2)c2ccc(Cl)c(-c3nccc(=O)[nH]3)c2)C1=O. The smallest absolute Gasteiger partial charge is 0.407 e. The molecule has 2 amide bonds. The molecule has 2 atom stereocenters. The molecule has 15 heteroatoms. The van der Waals surface area contributed by atoms with Crippen LogP contribution in [-0.4, -0.2) is 55.3 Å². The molecule has 49 heavy (non-hydrogen) atoms. The van der Waals surface area contributed by atoms with E-state index < -0.39 is 35.5 Å². The third kappa shape index (κ3) is 7.19. The van der Waals surface area contributed by atoms with Crippen molar-refractivity contribution in [3.05, 3.63) is 93.6 Å². The van der Waals surface area contributed by atoms with E-state index in [1.807, 2.05) is 20.8 Å². The third-order valence-corrected chi connectivity index (χ3v) is 8.68. The number of aromatic nitrogens is 4. The van der Waals surface area contributed by atoms with Gasteiger partial charge in [-0.1, -0.05) is 62.7 Å². The summed E-state index contributed by atoms with van der Waals surface area (Å²) in [5, 5.41) is 19.1. The molecular formula is C34H35ClF2N8O4. The van der Waals surface area contributed by atoms with Crippen LogP contribution < -0.4 is 16.2 Å². The zero-order valence-electron chi connectivity index (χ0n) is 27.0. The summed E-state index contributed by atoms with van der Waals surface area (Å²) in [5.41, 5.74) is 0.300. The predicted molar refractivity (Wildman–Crippen MR) is 178 cm³/mol. The van der Waals surface area contributed by atoms with Crippen molar-refractivity contribution in [1.29, 1.82) is 5.41 Å². The number of amides is 2. The van der Waals surface area contributed by atoms with E-state index in [2.05, 4.69) is 25.7 Å². The van der Waals surface area contributed by atoms with Crippen LogP contribution in [0.25, 0.3) is 22.5 Å². The summed E-state index contributed by atoms with van der Waals surface area (Å²) in [5.74, 6) is -0.465. The highest BCUT2D eigenvalue weighted by molar-refractivity contribution is 6.33. The van der Waals surface area contributed by atoms with Crippen molar-refractivity contribution in [3.8, 4) is 22.5 Å². The Labute approximate surface area is 285 Å². The molecule has 2 aliphatic rings. The normalized spacial score (nSPS) is 18.5. The second-order valence-corrected chi connectivity index (χ2v) is 13.8. The number of alkyl halides is 2. The minimum atomic E-state index is -2.78. The van der Waals surface area contributed by atoms with E-state index in [4.69, 9.17) is 21.7 Å². The van der Waals surface area contributed by atoms with Gasteiger partial charge >= 0.3 is 12.6 Å². The number of nitrogens with zero attached hydrogens (tertiary/aromatic N) is 4. The number of carbonyl (C=O) groups is 2. The van der Waals surface area contributed by atoms with Gasteiger partial charge in [0.1, 0.15) is 18.0 Å². The van der Waals surface area contributed by atoms with E-state index in [1.165, 1.54) is 29.6 Å². The molecule has 0 spiro atoms. The second kappa shape index (κ2) is 13.1. The molecule has 1 aliphatic heterocycles. The largest absolute Gasteiger partial charge is 0.447 e. The molecular weight excluding hydrogens is 658 g/mol. The molecule has 256 valence electrons. The molecule has 1 aliphatic carbocycles. The molecule has 4 aromatic rings. The van der Waals surface area contributed by atoms with Crippen molar-refractivity contribution in [1.82, 2.24) is 35.3 Å². The number of hydrogen-bond donors (Lipinski definition) is 4. The Kier molecular flexibility index (Phi) is 9.01. The van der Waals surface area contributed by atoms with Gasteiger partial charge in [-0.15, -0.1) is 0 Å². The first-order valence-electron chi connectivity index (χ1n) is 15.7. The van der Waals surface area contributed by atoms with Crippen molar-refractivity contribution < 1.29 is 23.1 Å². The number of guanidine groups is 1. The highest BCUT2D eigenvalue weighted by Crippen LogP contribution is 2.43. The molecule has 4 N–H and O–H groups in total. The minimum absolute atomic E-state index is 0.0366. The van der Waals surface area contributed by atoms with Crippen molar-refractivity contribution in [2.75, 3.05) is 6.61 Å². The number of rotatable bonds is 10. The number of nitrogens with one attached hydrogen (secondary N) is 4. The molecule has 3 heterocycles. The first-order chi connectivity index (χ1) is 23.2. The monoisotopic (exact) mass is 692 g/mol. The van der Waals surface area contributed by atoms with E-state index in [9.17, 15) is 23.2 Å². The lowest BCUT2D eigenvalue weighted by Gasteiger charge is -2.35. The van der Waals surface area contributed by atoms with Gasteiger partial charge in [-0.05, 0) is 53.5 Å². The first kappa shape index (κ1) is 33.8. The summed E-state index contributed by atoms with van der Waals surface area (Å²) in [6, 6.07) is 12.1. The highest BCUT2D eigenvalue weighted by Gasteiger charge is 2.54. The Morgan fingerprint density at radius 3 is 2.51 bits per heavy atom. The summed E-state index contributed by atoms with van der Waals surface area (Å²) in [4.78, 5) is 47.8. The van der Waals surface area contributed by atoms with Gasteiger partial charge in [0.25, 0.3) is 11.5 Å². The van der Waals surface area contributed by atoms with Gasteiger partial charge in [-0.2, -0.15) is 13.9 Å². The van der Waals surface area contributed by atoms with Crippen LogP contribution in [0.3, 0.4) is 0 Å². The number of H-pyrrole nitrogens is 1. The van der Waals surface area contributed by atoms with Crippen LogP contribution in [0.15, 0.2) is 71.9 Å². The fourth-order valence-corrected chi connectivity index (χ4v) is 6.23. The van der Waals surface area contributed by atoms with Gasteiger partial charge in [0, 0.05) is 35.6 Å². The quantitative estimate of drug-likeness (QED) is 0.159. The van der Waals surface area contributed by atoms with Crippen LogP contribution >= 0.6 is 11.6 Å². The van der Waals surface area contributed by atoms with Crippen molar-refractivity contribution >= 4 is 29.6 Å². The lowest BCUT2D eigenvalue weighted by molar-refractivity contribution is -0.134. The Hall–Kier alpha value is -5.11. The maximum atomic E-state index is 14.8. The molecule has 0 bridgehead atoms. The molecule has 2 fully saturated rings. The molecule has 0 unspecified atom stereocenters. The van der Waals surface area contributed by atoms with Crippen LogP contribution in [0.4, 0.5) is 13.6 Å². The molecule has 6 rings (SSSR count). The number of ether oxygens (including phenoxy) is 1. The average molecular weight is 693 g/mol. The van der Waals surface area contributed by atoms with Crippen LogP contribution in [0.1, 0.15) is 63.8 Å². The summed E-state index contributed by atoms with van der Waals surface area (Å²) in [7, 11) is 0. The van der Waals surface area contributed by atoms with Gasteiger partial charge in [-0.25, -0.2) is 14.5 Å². The van der Waals surface area contributed by atoms with Crippen molar-refractivity contribution in [3.63, 3.8) is 0 Å². The van der Waals surface area contributed by atoms with Gasteiger partial charge in [0.05, 0.1) is 17.3 Å². The summed E-state index contributed by atoms with van der Waals surface area (Å²) in [6.07, 6.45) is 5.26.